The lowest BCUT2D eigenvalue weighted by Crippen LogP contribution is -2.50. The van der Waals surface area contributed by atoms with Crippen LogP contribution in [-0.2, 0) is 6.54 Å². The number of rotatable bonds is 4. The van der Waals surface area contributed by atoms with E-state index in [1.807, 2.05) is 0 Å². The smallest absolute Gasteiger partial charge is 0.253 e. The number of hydrogen-bond acceptors (Lipinski definition) is 2. The van der Waals surface area contributed by atoms with E-state index < -0.39 is 12.5 Å². The van der Waals surface area contributed by atoms with Crippen molar-refractivity contribution < 1.29 is 13.2 Å². The maximum atomic E-state index is 12.8. The molecule has 0 saturated carbocycles. The lowest BCUT2D eigenvalue weighted by atomic mass is 10.0. The summed E-state index contributed by atoms with van der Waals surface area (Å²) in [5, 5.41) is 4.18. The number of benzene rings is 1. The molecule has 0 radical (unpaired) electrons. The van der Waals surface area contributed by atoms with Crippen molar-refractivity contribution in [2.45, 2.75) is 25.4 Å². The first-order valence-corrected chi connectivity index (χ1v) is 6.45. The minimum atomic E-state index is -2.30. The minimum absolute atomic E-state index is 0.304. The first-order valence-electron chi connectivity index (χ1n) is 6.45. The highest BCUT2D eigenvalue weighted by Gasteiger charge is 2.35. The van der Waals surface area contributed by atoms with Gasteiger partial charge >= 0.3 is 0 Å². The number of hydrogen-bond donors (Lipinski definition) is 0. The van der Waals surface area contributed by atoms with E-state index in [1.165, 1.54) is 12.1 Å². The zero-order valence-corrected chi connectivity index (χ0v) is 10.7. The molecule has 6 heteroatoms. The van der Waals surface area contributed by atoms with Crippen molar-refractivity contribution in [3.05, 3.63) is 48.0 Å². The van der Waals surface area contributed by atoms with E-state index in [0.717, 1.165) is 11.3 Å². The maximum Gasteiger partial charge on any atom is 0.253 e. The molecular formula is C14H14F3N3. The molecule has 3 nitrogen and oxygen atoms in total. The molecule has 0 aliphatic carbocycles. The van der Waals surface area contributed by atoms with Gasteiger partial charge in [-0.3, -0.25) is 4.90 Å². The fraction of sp³-hybridized carbons (Fsp3) is 0.357. The average molecular weight is 281 g/mol. The van der Waals surface area contributed by atoms with Crippen LogP contribution in [0.4, 0.5) is 13.2 Å². The van der Waals surface area contributed by atoms with Crippen molar-refractivity contribution in [2.75, 3.05) is 6.54 Å². The van der Waals surface area contributed by atoms with Crippen molar-refractivity contribution in [1.82, 2.24) is 14.7 Å². The van der Waals surface area contributed by atoms with E-state index in [2.05, 4.69) is 5.10 Å². The van der Waals surface area contributed by atoms with Crippen molar-refractivity contribution in [3.8, 4) is 5.69 Å². The van der Waals surface area contributed by atoms with Crippen LogP contribution in [0.2, 0.25) is 0 Å². The quantitative estimate of drug-likeness (QED) is 0.859. The van der Waals surface area contributed by atoms with Crippen LogP contribution in [-0.4, -0.2) is 33.7 Å². The molecule has 106 valence electrons. The van der Waals surface area contributed by atoms with E-state index >= 15 is 0 Å². The highest BCUT2D eigenvalue weighted by atomic mass is 19.3. The molecule has 3 rings (SSSR count). The fourth-order valence-electron chi connectivity index (χ4n) is 2.35. The lowest BCUT2D eigenvalue weighted by Gasteiger charge is -2.40. The molecular weight excluding hydrogens is 267 g/mol. The van der Waals surface area contributed by atoms with Crippen LogP contribution in [0, 0.1) is 5.82 Å². The molecule has 1 fully saturated rings. The molecule has 0 N–H and O–H groups in total. The Bertz CT molecular complexity index is 580. The van der Waals surface area contributed by atoms with E-state index in [1.54, 1.807) is 34.1 Å². The molecule has 0 unspecified atom stereocenters. The molecule has 1 atom stereocenters. The Hall–Kier alpha value is -1.82. The van der Waals surface area contributed by atoms with Crippen molar-refractivity contribution >= 4 is 0 Å². The van der Waals surface area contributed by atoms with Gasteiger partial charge in [0.25, 0.3) is 6.43 Å². The Morgan fingerprint density at radius 2 is 2.00 bits per heavy atom. The van der Waals surface area contributed by atoms with Crippen molar-refractivity contribution in [2.24, 2.45) is 0 Å². The molecule has 1 aliphatic rings. The predicted molar refractivity (Wildman–Crippen MR) is 68.3 cm³/mol. The van der Waals surface area contributed by atoms with Crippen LogP contribution in [0.25, 0.3) is 5.69 Å². The fourth-order valence-corrected chi connectivity index (χ4v) is 2.35. The summed E-state index contributed by atoms with van der Waals surface area (Å²) in [4.78, 5) is 1.75. The van der Waals surface area contributed by atoms with E-state index in [-0.39, 0.29) is 5.82 Å². The Morgan fingerprint density at radius 3 is 2.60 bits per heavy atom. The first kappa shape index (κ1) is 13.2. The molecule has 1 saturated heterocycles. The molecule has 1 aliphatic heterocycles. The highest BCUT2D eigenvalue weighted by molar-refractivity contribution is 5.31. The maximum absolute atomic E-state index is 12.8. The topological polar surface area (TPSA) is 21.1 Å². The van der Waals surface area contributed by atoms with Gasteiger partial charge in [-0.25, -0.2) is 17.9 Å². The number of aromatic nitrogens is 2. The van der Waals surface area contributed by atoms with Gasteiger partial charge in [0.2, 0.25) is 0 Å². The van der Waals surface area contributed by atoms with Gasteiger partial charge in [-0.15, -0.1) is 0 Å². The summed E-state index contributed by atoms with van der Waals surface area (Å²) >= 11 is 0. The standard InChI is InChI=1S/C14H14F3N3/c15-11-1-3-12(4-2-11)20-9-10(7-18-20)8-19-6-5-13(19)14(16)17/h1-4,7,9,13-14H,5-6,8H2/t13-/m0/s1. The largest absolute Gasteiger partial charge is 0.290 e. The normalized spacial score (nSPS) is 19.3. The van der Waals surface area contributed by atoms with Crippen LogP contribution in [0.5, 0.6) is 0 Å². The zero-order valence-electron chi connectivity index (χ0n) is 10.7. The van der Waals surface area contributed by atoms with Crippen LogP contribution >= 0.6 is 0 Å². The van der Waals surface area contributed by atoms with Crippen molar-refractivity contribution in [1.29, 1.82) is 0 Å². The van der Waals surface area contributed by atoms with E-state index in [9.17, 15) is 13.2 Å². The average Bonchev–Trinajstić information content (AvgIpc) is 2.83. The summed E-state index contributed by atoms with van der Waals surface area (Å²) < 4.78 is 39.7. The Kier molecular flexibility index (Phi) is 3.48. The molecule has 2 heterocycles. The number of alkyl halides is 2. The zero-order chi connectivity index (χ0) is 14.1. The van der Waals surface area contributed by atoms with Gasteiger partial charge in [-0.1, -0.05) is 0 Å². The highest BCUT2D eigenvalue weighted by Crippen LogP contribution is 2.25. The third-order valence-corrected chi connectivity index (χ3v) is 3.58. The van der Waals surface area contributed by atoms with E-state index in [0.29, 0.717) is 19.5 Å². The van der Waals surface area contributed by atoms with Gasteiger partial charge in [0.15, 0.2) is 0 Å². The van der Waals surface area contributed by atoms with Gasteiger partial charge in [-0.05, 0) is 30.7 Å². The number of nitrogens with zero attached hydrogens (tertiary/aromatic N) is 3. The van der Waals surface area contributed by atoms with Gasteiger partial charge in [0.05, 0.1) is 17.9 Å². The number of likely N-dealkylation sites (tertiary alicyclic amines) is 1. The molecule has 1 aromatic heterocycles. The summed E-state index contributed by atoms with van der Waals surface area (Å²) in [6, 6.07) is 5.33. The molecule has 0 amide bonds. The molecule has 1 aromatic carbocycles. The Balaban J connectivity index is 1.69. The molecule has 0 bridgehead atoms. The number of halogens is 3. The third kappa shape index (κ3) is 2.56. The molecule has 20 heavy (non-hydrogen) atoms. The lowest BCUT2D eigenvalue weighted by molar-refractivity contribution is -0.0388. The van der Waals surface area contributed by atoms with Crippen LogP contribution in [0.1, 0.15) is 12.0 Å². The van der Waals surface area contributed by atoms with Gasteiger partial charge < -0.3 is 0 Å². The summed E-state index contributed by atoms with van der Waals surface area (Å²) in [7, 11) is 0. The van der Waals surface area contributed by atoms with E-state index in [4.69, 9.17) is 0 Å². The monoisotopic (exact) mass is 281 g/mol. The molecule has 2 aromatic rings. The summed E-state index contributed by atoms with van der Waals surface area (Å²) in [5.41, 5.74) is 1.62. The SMILES string of the molecule is Fc1ccc(-n2cc(CN3CC[C@H]3C(F)F)cn2)cc1. The minimum Gasteiger partial charge on any atom is -0.290 e. The van der Waals surface area contributed by atoms with Gasteiger partial charge in [0.1, 0.15) is 5.82 Å². The molecule has 0 spiro atoms. The van der Waals surface area contributed by atoms with Gasteiger partial charge in [0, 0.05) is 24.8 Å². The Morgan fingerprint density at radius 1 is 1.25 bits per heavy atom. The Labute approximate surface area is 114 Å². The van der Waals surface area contributed by atoms with Crippen LogP contribution in [0.15, 0.2) is 36.7 Å². The van der Waals surface area contributed by atoms with Crippen molar-refractivity contribution in [3.63, 3.8) is 0 Å². The first-order chi connectivity index (χ1) is 9.63. The second-order valence-corrected chi connectivity index (χ2v) is 4.93. The van der Waals surface area contributed by atoms with Crippen LogP contribution < -0.4 is 0 Å². The summed E-state index contributed by atoms with van der Waals surface area (Å²) in [6.07, 6.45) is 1.69. The summed E-state index contributed by atoms with van der Waals surface area (Å²) in [6.45, 7) is 1.16. The second kappa shape index (κ2) is 5.28. The summed E-state index contributed by atoms with van der Waals surface area (Å²) in [5.74, 6) is -0.304. The second-order valence-electron chi connectivity index (χ2n) is 4.93. The third-order valence-electron chi connectivity index (χ3n) is 3.58. The predicted octanol–water partition coefficient (Wildman–Crippen LogP) is 2.85. The van der Waals surface area contributed by atoms with Crippen LogP contribution in [0.3, 0.4) is 0 Å². The van der Waals surface area contributed by atoms with Gasteiger partial charge in [-0.2, -0.15) is 5.10 Å².